The maximum Gasteiger partial charge on any atom is 0.323 e. The molecule has 0 bridgehead atoms. The molecule has 3 N–H and O–H groups in total. The van der Waals surface area contributed by atoms with Crippen LogP contribution in [0.4, 0.5) is 21.9 Å². The number of carbonyl (C=O) groups is 2. The molecule has 1 fully saturated rings. The van der Waals surface area contributed by atoms with Crippen LogP contribution >= 0.6 is 0 Å². The summed E-state index contributed by atoms with van der Waals surface area (Å²) in [5, 5.41) is 17.5. The van der Waals surface area contributed by atoms with Crippen LogP contribution in [0.3, 0.4) is 0 Å². The summed E-state index contributed by atoms with van der Waals surface area (Å²) in [4.78, 5) is 30.0. The molecule has 174 valence electrons. The van der Waals surface area contributed by atoms with Gasteiger partial charge in [0.25, 0.3) is 5.91 Å². The summed E-state index contributed by atoms with van der Waals surface area (Å²) >= 11 is 0. The second-order valence-corrected chi connectivity index (χ2v) is 7.98. The molecule has 0 radical (unpaired) electrons. The second kappa shape index (κ2) is 11.9. The van der Waals surface area contributed by atoms with Gasteiger partial charge in [0.05, 0.1) is 17.2 Å². The largest absolute Gasteiger partial charge is 0.371 e. The second-order valence-electron chi connectivity index (χ2n) is 7.98. The maximum atomic E-state index is 13.1. The zero-order valence-electron chi connectivity index (χ0n) is 19.4. The van der Waals surface area contributed by atoms with Crippen molar-refractivity contribution in [3.8, 4) is 6.07 Å². The number of nitriles is 1. The number of anilines is 3. The van der Waals surface area contributed by atoms with Crippen molar-refractivity contribution in [1.82, 2.24) is 10.2 Å². The van der Waals surface area contributed by atoms with E-state index in [0.717, 1.165) is 51.3 Å². The average molecular weight is 449 g/mol. The number of rotatable bonds is 9. The lowest BCUT2D eigenvalue weighted by Gasteiger charge is -2.23. The van der Waals surface area contributed by atoms with E-state index in [0.29, 0.717) is 29.0 Å². The molecule has 0 spiro atoms. The van der Waals surface area contributed by atoms with Crippen molar-refractivity contribution < 1.29 is 9.59 Å². The number of hydrogen-bond donors (Lipinski definition) is 3. The fourth-order valence-corrected chi connectivity index (χ4v) is 3.91. The SMILES string of the molecule is CCN(CC)CCNC(=O)c1cc(NC(=O)Nc2ccc(C#N)cc2)ccc1N1CCCC1. The first-order valence-electron chi connectivity index (χ1n) is 11.5. The number of nitrogens with zero attached hydrogens (tertiary/aromatic N) is 3. The van der Waals surface area contributed by atoms with Crippen LogP contribution in [0.1, 0.15) is 42.6 Å². The molecule has 1 aliphatic heterocycles. The lowest BCUT2D eigenvalue weighted by molar-refractivity contribution is 0.0949. The van der Waals surface area contributed by atoms with Crippen LogP contribution in [0, 0.1) is 11.3 Å². The zero-order valence-corrected chi connectivity index (χ0v) is 19.4. The van der Waals surface area contributed by atoms with Gasteiger partial charge in [-0.15, -0.1) is 0 Å². The van der Waals surface area contributed by atoms with Crippen molar-refractivity contribution in [2.45, 2.75) is 26.7 Å². The zero-order chi connectivity index (χ0) is 23.6. The molecule has 1 heterocycles. The standard InChI is InChI=1S/C25H32N6O2/c1-3-30(4-2)16-13-27-24(32)22-17-21(11-12-23(22)31-14-5-6-15-31)29-25(33)28-20-9-7-19(18-26)8-10-20/h7-12,17H,3-6,13-16H2,1-2H3,(H,27,32)(H2,28,29,33). The number of nitrogens with one attached hydrogen (secondary N) is 3. The monoisotopic (exact) mass is 448 g/mol. The van der Waals surface area contributed by atoms with Crippen LogP contribution in [-0.2, 0) is 0 Å². The third-order valence-electron chi connectivity index (χ3n) is 5.83. The van der Waals surface area contributed by atoms with Gasteiger partial charge in [-0.25, -0.2) is 4.79 Å². The fourth-order valence-electron chi connectivity index (χ4n) is 3.91. The molecule has 2 aromatic carbocycles. The predicted octanol–water partition coefficient (Wildman–Crippen LogP) is 3.87. The lowest BCUT2D eigenvalue weighted by Crippen LogP contribution is -2.35. The molecule has 0 unspecified atom stereocenters. The van der Waals surface area contributed by atoms with Crippen LogP contribution < -0.4 is 20.9 Å². The number of hydrogen-bond acceptors (Lipinski definition) is 5. The van der Waals surface area contributed by atoms with Gasteiger partial charge in [-0.05, 0) is 68.4 Å². The Labute approximate surface area is 195 Å². The Hall–Kier alpha value is -3.57. The van der Waals surface area contributed by atoms with Crippen LogP contribution in [0.2, 0.25) is 0 Å². The summed E-state index contributed by atoms with van der Waals surface area (Å²) in [5.74, 6) is -0.139. The summed E-state index contributed by atoms with van der Waals surface area (Å²) < 4.78 is 0. The van der Waals surface area contributed by atoms with Gasteiger partial charge in [0.1, 0.15) is 0 Å². The third kappa shape index (κ3) is 6.70. The topological polar surface area (TPSA) is 100 Å². The summed E-state index contributed by atoms with van der Waals surface area (Å²) in [6.07, 6.45) is 2.21. The first kappa shape index (κ1) is 24.1. The fraction of sp³-hybridized carbons (Fsp3) is 0.400. The average Bonchev–Trinajstić information content (AvgIpc) is 3.37. The molecule has 0 aliphatic carbocycles. The van der Waals surface area contributed by atoms with Crippen molar-refractivity contribution >= 4 is 29.0 Å². The van der Waals surface area contributed by atoms with Crippen molar-refractivity contribution in [3.05, 3.63) is 53.6 Å². The van der Waals surface area contributed by atoms with Crippen LogP contribution in [0.15, 0.2) is 42.5 Å². The van der Waals surface area contributed by atoms with E-state index in [1.165, 1.54) is 0 Å². The lowest BCUT2D eigenvalue weighted by atomic mass is 10.1. The quantitative estimate of drug-likeness (QED) is 0.541. The molecule has 33 heavy (non-hydrogen) atoms. The van der Waals surface area contributed by atoms with E-state index in [2.05, 4.69) is 39.6 Å². The third-order valence-corrected chi connectivity index (χ3v) is 5.83. The van der Waals surface area contributed by atoms with Crippen LogP contribution in [-0.4, -0.2) is 56.1 Å². The van der Waals surface area contributed by atoms with Gasteiger partial charge in [0.2, 0.25) is 0 Å². The van der Waals surface area contributed by atoms with Gasteiger partial charge in [0.15, 0.2) is 0 Å². The van der Waals surface area contributed by atoms with Gasteiger partial charge < -0.3 is 25.8 Å². The molecular weight excluding hydrogens is 416 g/mol. The summed E-state index contributed by atoms with van der Waals surface area (Å²) in [7, 11) is 0. The number of urea groups is 1. The van der Waals surface area contributed by atoms with Crippen molar-refractivity contribution in [2.24, 2.45) is 0 Å². The number of benzene rings is 2. The van der Waals surface area contributed by atoms with E-state index in [1.807, 2.05) is 18.2 Å². The van der Waals surface area contributed by atoms with Crippen LogP contribution in [0.25, 0.3) is 0 Å². The van der Waals surface area contributed by atoms with E-state index in [4.69, 9.17) is 5.26 Å². The molecule has 0 atom stereocenters. The Bertz CT molecular complexity index is 989. The Balaban J connectivity index is 1.71. The molecular formula is C25H32N6O2. The maximum absolute atomic E-state index is 13.1. The molecule has 3 amide bonds. The van der Waals surface area contributed by atoms with Crippen LogP contribution in [0.5, 0.6) is 0 Å². The minimum absolute atomic E-state index is 0.139. The van der Waals surface area contributed by atoms with Gasteiger partial charge in [-0.3, -0.25) is 4.79 Å². The van der Waals surface area contributed by atoms with E-state index >= 15 is 0 Å². The van der Waals surface area contributed by atoms with Crippen molar-refractivity contribution in [3.63, 3.8) is 0 Å². The predicted molar refractivity (Wildman–Crippen MR) is 132 cm³/mol. The molecule has 1 aliphatic rings. The summed E-state index contributed by atoms with van der Waals surface area (Å²) in [6.45, 7) is 9.30. The smallest absolute Gasteiger partial charge is 0.323 e. The number of carbonyl (C=O) groups excluding carboxylic acids is 2. The Morgan fingerprint density at radius 2 is 1.64 bits per heavy atom. The van der Waals surface area contributed by atoms with E-state index in [1.54, 1.807) is 30.3 Å². The minimum atomic E-state index is -0.415. The summed E-state index contributed by atoms with van der Waals surface area (Å²) in [5.41, 5.74) is 3.10. The molecule has 8 heteroatoms. The molecule has 2 aromatic rings. The first-order valence-corrected chi connectivity index (χ1v) is 11.5. The highest BCUT2D eigenvalue weighted by Crippen LogP contribution is 2.27. The molecule has 0 saturated carbocycles. The van der Waals surface area contributed by atoms with E-state index in [9.17, 15) is 9.59 Å². The van der Waals surface area contributed by atoms with Gasteiger partial charge in [-0.2, -0.15) is 5.26 Å². The van der Waals surface area contributed by atoms with E-state index in [-0.39, 0.29) is 5.91 Å². The first-order chi connectivity index (χ1) is 16.0. The number of likely N-dealkylation sites (N-methyl/N-ethyl adjacent to an activating group) is 1. The highest BCUT2D eigenvalue weighted by atomic mass is 16.2. The number of amides is 3. The molecule has 8 nitrogen and oxygen atoms in total. The van der Waals surface area contributed by atoms with Gasteiger partial charge in [0, 0.05) is 43.2 Å². The highest BCUT2D eigenvalue weighted by molar-refractivity contribution is 6.04. The highest BCUT2D eigenvalue weighted by Gasteiger charge is 2.20. The minimum Gasteiger partial charge on any atom is -0.371 e. The molecule has 3 rings (SSSR count). The van der Waals surface area contributed by atoms with E-state index < -0.39 is 6.03 Å². The Morgan fingerprint density at radius 1 is 1.00 bits per heavy atom. The van der Waals surface area contributed by atoms with Gasteiger partial charge in [-0.1, -0.05) is 13.8 Å². The Morgan fingerprint density at radius 3 is 2.27 bits per heavy atom. The molecule has 1 saturated heterocycles. The van der Waals surface area contributed by atoms with Crippen molar-refractivity contribution in [1.29, 1.82) is 5.26 Å². The molecule has 0 aromatic heterocycles. The van der Waals surface area contributed by atoms with Crippen molar-refractivity contribution in [2.75, 3.05) is 54.8 Å². The Kier molecular flexibility index (Phi) is 8.67. The van der Waals surface area contributed by atoms with Gasteiger partial charge >= 0.3 is 6.03 Å². The normalized spacial score (nSPS) is 13.0. The summed E-state index contributed by atoms with van der Waals surface area (Å²) in [6, 6.07) is 13.7.